The van der Waals surface area contributed by atoms with E-state index in [0.717, 1.165) is 39.0 Å². The van der Waals surface area contributed by atoms with Gasteiger partial charge in [-0.2, -0.15) is 0 Å². The summed E-state index contributed by atoms with van der Waals surface area (Å²) in [6, 6.07) is 70.3. The second kappa shape index (κ2) is 11.8. The number of fused-ring (bicyclic) bond motifs is 9. The first kappa shape index (κ1) is 30.7. The predicted molar refractivity (Wildman–Crippen MR) is 226 cm³/mol. The maximum absolute atomic E-state index is 7.06. The third-order valence-corrected chi connectivity index (χ3v) is 11.7. The summed E-state index contributed by atoms with van der Waals surface area (Å²) >= 11 is 0. The molecule has 0 N–H and O–H groups in total. The Morgan fingerprint density at radius 3 is 1.76 bits per heavy atom. The average molecular weight is 690 g/mol. The lowest BCUT2D eigenvalue weighted by Gasteiger charge is -2.29. The minimum absolute atomic E-state index is 0.387. The Morgan fingerprint density at radius 1 is 0.426 bits per heavy atom. The first-order valence-electron chi connectivity index (χ1n) is 18.7. The quantitative estimate of drug-likeness (QED) is 0.167. The number of anilines is 3. The smallest absolute Gasteiger partial charge is 0.139 e. The largest absolute Gasteiger partial charge is 0.456 e. The molecule has 0 saturated carbocycles. The first-order valence-corrected chi connectivity index (χ1v) is 18.7. The molecule has 1 aliphatic rings. The Hall–Kier alpha value is -6.90. The Morgan fingerprint density at radius 2 is 1.00 bits per heavy atom. The second-order valence-corrected chi connectivity index (χ2v) is 14.6. The van der Waals surface area contributed by atoms with Crippen LogP contribution < -0.4 is 4.90 Å². The summed E-state index contributed by atoms with van der Waals surface area (Å²) in [6.07, 6.45) is 0. The zero-order valence-corrected chi connectivity index (χ0v) is 29.8. The number of benzene rings is 9. The van der Waals surface area contributed by atoms with Gasteiger partial charge >= 0.3 is 0 Å². The van der Waals surface area contributed by atoms with Crippen LogP contribution in [0.1, 0.15) is 23.6 Å². The van der Waals surface area contributed by atoms with Crippen LogP contribution in [0.15, 0.2) is 199 Å². The lowest BCUT2D eigenvalue weighted by molar-refractivity contribution is 0.638. The van der Waals surface area contributed by atoms with E-state index in [4.69, 9.17) is 4.42 Å². The molecule has 9 aromatic carbocycles. The molecule has 0 unspecified atom stereocenters. The van der Waals surface area contributed by atoms with Crippen molar-refractivity contribution in [1.29, 1.82) is 0 Å². The van der Waals surface area contributed by atoms with Gasteiger partial charge in [-0.15, -0.1) is 0 Å². The molecule has 0 saturated heterocycles. The highest BCUT2D eigenvalue weighted by Gasteiger charge is 2.42. The molecule has 1 heterocycles. The number of nitrogens with zero attached hydrogens (tertiary/aromatic N) is 1. The molecular weight excluding hydrogens is 655 g/mol. The Kier molecular flexibility index (Phi) is 6.72. The van der Waals surface area contributed by atoms with Crippen molar-refractivity contribution in [3.63, 3.8) is 0 Å². The molecule has 2 heteroatoms. The highest BCUT2D eigenvalue weighted by Crippen LogP contribution is 2.55. The minimum atomic E-state index is -0.387. The molecule has 0 fully saturated rings. The normalized spacial score (nSPS) is 13.1. The Bertz CT molecular complexity index is 3020. The van der Waals surface area contributed by atoms with Crippen molar-refractivity contribution in [1.82, 2.24) is 0 Å². The van der Waals surface area contributed by atoms with Crippen molar-refractivity contribution in [2.45, 2.75) is 12.3 Å². The molecule has 0 aliphatic heterocycles. The van der Waals surface area contributed by atoms with Crippen molar-refractivity contribution in [2.75, 3.05) is 4.90 Å². The predicted octanol–water partition coefficient (Wildman–Crippen LogP) is 14.4. The van der Waals surface area contributed by atoms with Crippen LogP contribution in [0.25, 0.3) is 65.7 Å². The molecule has 54 heavy (non-hydrogen) atoms. The number of furan rings is 1. The van der Waals surface area contributed by atoms with E-state index in [2.05, 4.69) is 206 Å². The Labute approximate surface area is 314 Å². The fraction of sp³-hybridized carbons (Fsp3) is 0.0385. The molecule has 0 atom stereocenters. The van der Waals surface area contributed by atoms with Gasteiger partial charge < -0.3 is 9.32 Å². The van der Waals surface area contributed by atoms with Gasteiger partial charge in [0.2, 0.25) is 0 Å². The van der Waals surface area contributed by atoms with E-state index >= 15 is 0 Å². The van der Waals surface area contributed by atoms with Gasteiger partial charge in [0.15, 0.2) is 0 Å². The van der Waals surface area contributed by atoms with Crippen LogP contribution in [0.2, 0.25) is 0 Å². The maximum atomic E-state index is 7.06. The van der Waals surface area contributed by atoms with Crippen molar-refractivity contribution < 1.29 is 4.42 Å². The van der Waals surface area contributed by atoms with Crippen molar-refractivity contribution in [3.05, 3.63) is 211 Å². The molecule has 0 spiro atoms. The standard InChI is InChI=1S/C52H35NO/c1-52(44-24-11-9-20-40(44)41-21-10-12-25-45(41)52)46-26-13-23-43-50-47(27-14-28-49(50)54-51(43)46)53(37-31-29-35(30-32-37)34-15-3-2-4-16-34)48-33-36-17-5-6-18-38(36)39-19-7-8-22-42(39)48/h2-33H,1H3. The van der Waals surface area contributed by atoms with Crippen molar-refractivity contribution in [2.24, 2.45) is 0 Å². The SMILES string of the molecule is CC1(c2cccc3c2oc2cccc(N(c4ccc(-c5ccccc5)cc4)c4cc5ccccc5c5ccccc45)c23)c2ccccc2-c2ccccc21. The molecule has 1 aromatic heterocycles. The van der Waals surface area contributed by atoms with Gasteiger partial charge in [-0.05, 0) is 86.8 Å². The summed E-state index contributed by atoms with van der Waals surface area (Å²) in [6.45, 7) is 2.36. The molecule has 11 rings (SSSR count). The summed E-state index contributed by atoms with van der Waals surface area (Å²) in [5, 5.41) is 7.09. The van der Waals surface area contributed by atoms with E-state index < -0.39 is 0 Å². The van der Waals surface area contributed by atoms with Gasteiger partial charge in [0.1, 0.15) is 11.2 Å². The van der Waals surface area contributed by atoms with E-state index in [1.54, 1.807) is 0 Å². The van der Waals surface area contributed by atoms with Crippen molar-refractivity contribution in [3.8, 4) is 22.3 Å². The third kappa shape index (κ3) is 4.41. The molecule has 0 amide bonds. The average Bonchev–Trinajstić information content (AvgIpc) is 3.75. The monoisotopic (exact) mass is 689 g/mol. The first-order chi connectivity index (χ1) is 26.7. The molecular formula is C52H35NO. The molecule has 2 nitrogen and oxygen atoms in total. The molecule has 0 bridgehead atoms. The molecule has 10 aromatic rings. The summed E-state index contributed by atoms with van der Waals surface area (Å²) in [5.41, 5.74) is 13.4. The van der Waals surface area contributed by atoms with E-state index in [1.165, 1.54) is 60.5 Å². The summed E-state index contributed by atoms with van der Waals surface area (Å²) in [7, 11) is 0. The summed E-state index contributed by atoms with van der Waals surface area (Å²) in [4.78, 5) is 2.44. The number of hydrogen-bond donors (Lipinski definition) is 0. The second-order valence-electron chi connectivity index (χ2n) is 14.6. The van der Waals surface area contributed by atoms with Crippen LogP contribution in [-0.4, -0.2) is 0 Å². The van der Waals surface area contributed by atoms with Gasteiger partial charge in [0, 0.05) is 27.4 Å². The molecule has 254 valence electrons. The van der Waals surface area contributed by atoms with Gasteiger partial charge in [0.25, 0.3) is 0 Å². The van der Waals surface area contributed by atoms with Gasteiger partial charge in [0.05, 0.1) is 16.8 Å². The van der Waals surface area contributed by atoms with E-state index in [1.807, 2.05) is 0 Å². The lowest BCUT2D eigenvalue weighted by Crippen LogP contribution is -2.22. The number of rotatable bonds is 5. The lowest BCUT2D eigenvalue weighted by atomic mass is 9.74. The van der Waals surface area contributed by atoms with E-state index in [9.17, 15) is 0 Å². The van der Waals surface area contributed by atoms with Crippen LogP contribution in [0.4, 0.5) is 17.1 Å². The number of hydrogen-bond acceptors (Lipinski definition) is 2. The molecule has 1 aliphatic carbocycles. The third-order valence-electron chi connectivity index (χ3n) is 11.7. The van der Waals surface area contributed by atoms with Crippen molar-refractivity contribution >= 4 is 60.5 Å². The van der Waals surface area contributed by atoms with Gasteiger partial charge in [-0.25, -0.2) is 0 Å². The van der Waals surface area contributed by atoms with Gasteiger partial charge in [-0.3, -0.25) is 0 Å². The fourth-order valence-corrected chi connectivity index (χ4v) is 9.21. The molecule has 0 radical (unpaired) electrons. The topological polar surface area (TPSA) is 16.4 Å². The maximum Gasteiger partial charge on any atom is 0.139 e. The highest BCUT2D eigenvalue weighted by atomic mass is 16.3. The Balaban J connectivity index is 1.19. The fourth-order valence-electron chi connectivity index (χ4n) is 9.21. The van der Waals surface area contributed by atoms with Crippen LogP contribution in [-0.2, 0) is 5.41 Å². The van der Waals surface area contributed by atoms with Crippen LogP contribution >= 0.6 is 0 Å². The zero-order valence-electron chi connectivity index (χ0n) is 29.8. The summed E-state index contributed by atoms with van der Waals surface area (Å²) < 4.78 is 7.06. The highest BCUT2D eigenvalue weighted by molar-refractivity contribution is 6.18. The van der Waals surface area contributed by atoms with Crippen LogP contribution in [0, 0.1) is 0 Å². The minimum Gasteiger partial charge on any atom is -0.456 e. The van der Waals surface area contributed by atoms with Crippen LogP contribution in [0.5, 0.6) is 0 Å². The zero-order chi connectivity index (χ0) is 35.8. The van der Waals surface area contributed by atoms with E-state index in [-0.39, 0.29) is 5.41 Å². The number of para-hydroxylation sites is 1. The van der Waals surface area contributed by atoms with Gasteiger partial charge in [-0.1, -0.05) is 164 Å². The van der Waals surface area contributed by atoms with Crippen LogP contribution in [0.3, 0.4) is 0 Å². The van der Waals surface area contributed by atoms with E-state index in [0.29, 0.717) is 0 Å². The summed E-state index contributed by atoms with van der Waals surface area (Å²) in [5.74, 6) is 0.